The van der Waals surface area contributed by atoms with E-state index in [2.05, 4.69) is 45.7 Å². The zero-order valence-electron chi connectivity index (χ0n) is 19.4. The minimum absolute atomic E-state index is 0.0973. The first-order valence-corrected chi connectivity index (χ1v) is 12.6. The Morgan fingerprint density at radius 1 is 1.15 bits per heavy atom. The molecule has 2 aromatic rings. The van der Waals surface area contributed by atoms with Crippen LogP contribution in [0.3, 0.4) is 0 Å². The SMILES string of the molecule is CC(C)CCOc1ccc(C(=O)NC(=S)Nc2ccc(C(=O)NCC3CCCO3)cc2)cc1Br. The summed E-state index contributed by atoms with van der Waals surface area (Å²) in [5, 5.41) is 8.68. The molecule has 2 aromatic carbocycles. The van der Waals surface area contributed by atoms with Crippen molar-refractivity contribution in [3.05, 3.63) is 58.1 Å². The van der Waals surface area contributed by atoms with Crippen LogP contribution in [0.15, 0.2) is 46.9 Å². The molecule has 2 amide bonds. The summed E-state index contributed by atoms with van der Waals surface area (Å²) in [5.74, 6) is 0.761. The van der Waals surface area contributed by atoms with Gasteiger partial charge in [0.15, 0.2) is 5.11 Å². The van der Waals surface area contributed by atoms with Gasteiger partial charge in [0.05, 0.1) is 17.2 Å². The van der Waals surface area contributed by atoms with E-state index in [0.717, 1.165) is 25.9 Å². The topological polar surface area (TPSA) is 88.7 Å². The Hall–Kier alpha value is -2.49. The second kappa shape index (κ2) is 12.8. The van der Waals surface area contributed by atoms with Crippen LogP contribution in [-0.4, -0.2) is 42.8 Å². The number of hydrogen-bond acceptors (Lipinski definition) is 5. The molecule has 182 valence electrons. The van der Waals surface area contributed by atoms with Gasteiger partial charge in [-0.15, -0.1) is 0 Å². The molecule has 1 atom stereocenters. The number of anilines is 1. The Morgan fingerprint density at radius 3 is 2.53 bits per heavy atom. The number of ether oxygens (including phenoxy) is 2. The smallest absolute Gasteiger partial charge is 0.257 e. The quantitative estimate of drug-likeness (QED) is 0.386. The lowest BCUT2D eigenvalue weighted by molar-refractivity contribution is 0.0857. The van der Waals surface area contributed by atoms with Crippen LogP contribution < -0.4 is 20.7 Å². The zero-order chi connectivity index (χ0) is 24.5. The summed E-state index contributed by atoms with van der Waals surface area (Å²) in [6, 6.07) is 12.0. The number of amides is 2. The molecule has 1 aliphatic heterocycles. The van der Waals surface area contributed by atoms with E-state index in [1.54, 1.807) is 42.5 Å². The summed E-state index contributed by atoms with van der Waals surface area (Å²) in [7, 11) is 0. The van der Waals surface area contributed by atoms with Gasteiger partial charge >= 0.3 is 0 Å². The average molecular weight is 549 g/mol. The maximum Gasteiger partial charge on any atom is 0.257 e. The number of halogens is 1. The Kier molecular flexibility index (Phi) is 9.86. The van der Waals surface area contributed by atoms with Gasteiger partial charge in [-0.1, -0.05) is 13.8 Å². The van der Waals surface area contributed by atoms with E-state index in [-0.39, 0.29) is 23.0 Å². The number of rotatable bonds is 9. The minimum atomic E-state index is -0.336. The van der Waals surface area contributed by atoms with Crippen LogP contribution in [0, 0.1) is 5.92 Å². The Balaban J connectivity index is 1.47. The number of benzene rings is 2. The third-order valence-corrected chi connectivity index (χ3v) is 6.12. The minimum Gasteiger partial charge on any atom is -0.492 e. The highest BCUT2D eigenvalue weighted by molar-refractivity contribution is 9.10. The predicted molar refractivity (Wildman–Crippen MR) is 141 cm³/mol. The summed E-state index contributed by atoms with van der Waals surface area (Å²) < 4.78 is 12.0. The van der Waals surface area contributed by atoms with Crippen LogP contribution in [0.5, 0.6) is 5.75 Å². The van der Waals surface area contributed by atoms with Crippen LogP contribution in [0.25, 0.3) is 0 Å². The van der Waals surface area contributed by atoms with Gasteiger partial charge < -0.3 is 20.1 Å². The van der Waals surface area contributed by atoms with Gasteiger partial charge in [-0.05, 0) is 95.8 Å². The van der Waals surface area contributed by atoms with Crippen molar-refractivity contribution < 1.29 is 19.1 Å². The van der Waals surface area contributed by atoms with Crippen molar-refractivity contribution in [3.63, 3.8) is 0 Å². The van der Waals surface area contributed by atoms with Crippen molar-refractivity contribution >= 4 is 50.8 Å². The molecule has 1 fully saturated rings. The largest absolute Gasteiger partial charge is 0.492 e. The first-order chi connectivity index (χ1) is 16.3. The molecule has 0 aromatic heterocycles. The van der Waals surface area contributed by atoms with E-state index in [1.807, 2.05) is 0 Å². The third-order valence-electron chi connectivity index (χ3n) is 5.29. The predicted octanol–water partition coefficient (Wildman–Crippen LogP) is 4.91. The summed E-state index contributed by atoms with van der Waals surface area (Å²) in [5.41, 5.74) is 1.65. The molecule has 34 heavy (non-hydrogen) atoms. The molecular weight excluding hydrogens is 518 g/mol. The highest BCUT2D eigenvalue weighted by Crippen LogP contribution is 2.26. The lowest BCUT2D eigenvalue weighted by atomic mass is 10.1. The Bertz CT molecular complexity index is 1010. The molecule has 3 N–H and O–H groups in total. The Morgan fingerprint density at radius 2 is 1.88 bits per heavy atom. The molecule has 9 heteroatoms. The van der Waals surface area contributed by atoms with Gasteiger partial charge in [-0.3, -0.25) is 14.9 Å². The summed E-state index contributed by atoms with van der Waals surface area (Å²) in [4.78, 5) is 24.9. The first kappa shape index (κ1) is 26.1. The molecule has 0 radical (unpaired) electrons. The van der Waals surface area contributed by atoms with E-state index in [1.165, 1.54) is 0 Å². The van der Waals surface area contributed by atoms with E-state index in [0.29, 0.717) is 46.1 Å². The van der Waals surface area contributed by atoms with E-state index < -0.39 is 0 Å². The molecule has 0 saturated carbocycles. The van der Waals surface area contributed by atoms with E-state index in [4.69, 9.17) is 21.7 Å². The lowest BCUT2D eigenvalue weighted by Crippen LogP contribution is -2.34. The van der Waals surface area contributed by atoms with Crippen molar-refractivity contribution in [2.24, 2.45) is 5.92 Å². The fourth-order valence-electron chi connectivity index (χ4n) is 3.32. The molecule has 3 rings (SSSR count). The van der Waals surface area contributed by atoms with Crippen LogP contribution in [0.1, 0.15) is 53.8 Å². The number of thiocarbonyl (C=S) groups is 1. The number of nitrogens with one attached hydrogen (secondary N) is 3. The van der Waals surface area contributed by atoms with Gasteiger partial charge in [0.1, 0.15) is 5.75 Å². The normalized spacial score (nSPS) is 15.1. The first-order valence-electron chi connectivity index (χ1n) is 11.4. The molecule has 1 unspecified atom stereocenters. The molecule has 1 heterocycles. The zero-order valence-corrected chi connectivity index (χ0v) is 21.8. The summed E-state index contributed by atoms with van der Waals surface area (Å²) in [6.07, 6.45) is 3.06. The molecule has 0 bridgehead atoms. The average Bonchev–Trinajstić information content (AvgIpc) is 3.32. The monoisotopic (exact) mass is 547 g/mol. The fourth-order valence-corrected chi connectivity index (χ4v) is 4.02. The third kappa shape index (κ3) is 8.07. The van der Waals surface area contributed by atoms with Crippen LogP contribution in [-0.2, 0) is 4.74 Å². The summed E-state index contributed by atoms with van der Waals surface area (Å²) >= 11 is 8.73. The second-order valence-corrected chi connectivity index (χ2v) is 9.77. The standard InChI is InChI=1S/C25H30BrN3O4S/c1-16(2)11-13-33-22-10-7-18(14-21(22)26)24(31)29-25(34)28-19-8-5-17(6-9-19)23(30)27-15-20-4-3-12-32-20/h5-10,14,16,20H,3-4,11-13,15H2,1-2H3,(H,27,30)(H2,28,29,31,34). The molecule has 0 spiro atoms. The van der Waals surface area contributed by atoms with Crippen molar-refractivity contribution in [1.82, 2.24) is 10.6 Å². The molecular formula is C25H30BrN3O4S. The molecule has 1 aliphatic rings. The van der Waals surface area contributed by atoms with Gasteiger partial charge in [0, 0.05) is 30.0 Å². The van der Waals surface area contributed by atoms with Crippen molar-refractivity contribution in [1.29, 1.82) is 0 Å². The lowest BCUT2D eigenvalue weighted by Gasteiger charge is -2.13. The highest BCUT2D eigenvalue weighted by atomic mass is 79.9. The molecule has 0 aliphatic carbocycles. The van der Waals surface area contributed by atoms with Crippen LogP contribution in [0.4, 0.5) is 5.69 Å². The maximum atomic E-state index is 12.6. The van der Waals surface area contributed by atoms with Gasteiger partial charge in [0.2, 0.25) is 0 Å². The molecule has 7 nitrogen and oxygen atoms in total. The van der Waals surface area contributed by atoms with E-state index in [9.17, 15) is 9.59 Å². The van der Waals surface area contributed by atoms with Gasteiger partial charge in [-0.25, -0.2) is 0 Å². The van der Waals surface area contributed by atoms with Crippen LogP contribution in [0.2, 0.25) is 0 Å². The van der Waals surface area contributed by atoms with Crippen LogP contribution >= 0.6 is 28.1 Å². The van der Waals surface area contributed by atoms with E-state index >= 15 is 0 Å². The van der Waals surface area contributed by atoms with Crippen molar-refractivity contribution in [2.45, 2.75) is 39.2 Å². The van der Waals surface area contributed by atoms with Gasteiger partial charge in [0.25, 0.3) is 11.8 Å². The maximum absolute atomic E-state index is 12.6. The summed E-state index contributed by atoms with van der Waals surface area (Å²) in [6.45, 7) is 6.16. The number of carbonyl (C=O) groups excluding carboxylic acids is 2. The highest BCUT2D eigenvalue weighted by Gasteiger charge is 2.17. The number of carbonyl (C=O) groups is 2. The Labute approximate surface area is 214 Å². The molecule has 1 saturated heterocycles. The number of hydrogen-bond donors (Lipinski definition) is 3. The van der Waals surface area contributed by atoms with Gasteiger partial charge in [-0.2, -0.15) is 0 Å². The fraction of sp³-hybridized carbons (Fsp3) is 0.400. The second-order valence-electron chi connectivity index (χ2n) is 8.51. The van der Waals surface area contributed by atoms with Crippen molar-refractivity contribution in [2.75, 3.05) is 25.1 Å². The van der Waals surface area contributed by atoms with Crippen molar-refractivity contribution in [3.8, 4) is 5.75 Å².